The van der Waals surface area contributed by atoms with Gasteiger partial charge in [-0.3, -0.25) is 9.78 Å². The van der Waals surface area contributed by atoms with Gasteiger partial charge in [0, 0.05) is 30.4 Å². The number of hydrogen-bond donors (Lipinski definition) is 0. The zero-order chi connectivity index (χ0) is 19.1. The Hall–Kier alpha value is -2.67. The number of pyridine rings is 1. The summed E-state index contributed by atoms with van der Waals surface area (Å²) in [7, 11) is 1.61. The number of thioether (sulfide) groups is 1. The lowest BCUT2D eigenvalue weighted by Gasteiger charge is -2.14. The van der Waals surface area contributed by atoms with E-state index in [2.05, 4.69) is 15.2 Å². The third kappa shape index (κ3) is 4.95. The summed E-state index contributed by atoms with van der Waals surface area (Å²) in [6.07, 6.45) is 4.99. The van der Waals surface area contributed by atoms with E-state index in [1.54, 1.807) is 43.9 Å². The van der Waals surface area contributed by atoms with E-state index in [0.717, 1.165) is 29.6 Å². The first-order valence-electron chi connectivity index (χ1n) is 8.84. The van der Waals surface area contributed by atoms with Crippen molar-refractivity contribution in [3.8, 4) is 5.75 Å². The van der Waals surface area contributed by atoms with Crippen molar-refractivity contribution in [1.82, 2.24) is 19.7 Å². The van der Waals surface area contributed by atoms with Gasteiger partial charge in [-0.25, -0.2) is 0 Å². The van der Waals surface area contributed by atoms with Crippen LogP contribution < -0.4 is 4.74 Å². The Kier molecular flexibility index (Phi) is 6.59. The number of benzene rings is 1. The van der Waals surface area contributed by atoms with Crippen LogP contribution in [0.1, 0.15) is 29.4 Å². The molecule has 0 spiro atoms. The third-order valence-electron chi connectivity index (χ3n) is 4.20. The first-order valence-corrected chi connectivity index (χ1v) is 9.72. The van der Waals surface area contributed by atoms with Crippen molar-refractivity contribution in [1.29, 1.82) is 0 Å². The number of nitrogens with zero attached hydrogens (tertiary/aromatic N) is 4. The van der Waals surface area contributed by atoms with E-state index < -0.39 is 0 Å². The Labute approximate surface area is 163 Å². The van der Waals surface area contributed by atoms with Gasteiger partial charge in [-0.2, -0.15) is 0 Å². The van der Waals surface area contributed by atoms with E-state index >= 15 is 0 Å². The molecule has 0 saturated heterocycles. The molecule has 0 saturated carbocycles. The zero-order valence-electron chi connectivity index (χ0n) is 15.4. The van der Waals surface area contributed by atoms with Gasteiger partial charge in [0.25, 0.3) is 0 Å². The monoisotopic (exact) mass is 382 g/mol. The van der Waals surface area contributed by atoms with Crippen LogP contribution in [0.15, 0.2) is 60.1 Å². The number of rotatable bonds is 9. The molecule has 1 unspecified atom stereocenters. The lowest BCUT2D eigenvalue weighted by atomic mass is 10.1. The minimum absolute atomic E-state index is 0.0874. The van der Waals surface area contributed by atoms with E-state index in [4.69, 9.17) is 4.74 Å². The van der Waals surface area contributed by atoms with Crippen molar-refractivity contribution in [2.24, 2.45) is 0 Å². The number of carbonyl (C=O) groups is 1. The maximum atomic E-state index is 12.9. The molecule has 0 radical (unpaired) electrons. The van der Waals surface area contributed by atoms with E-state index in [0.29, 0.717) is 12.0 Å². The van der Waals surface area contributed by atoms with Crippen LogP contribution in [0.25, 0.3) is 0 Å². The molecule has 2 aromatic heterocycles. The quantitative estimate of drug-likeness (QED) is 0.415. The van der Waals surface area contributed by atoms with Crippen LogP contribution in [-0.2, 0) is 13.0 Å². The Balaban J connectivity index is 1.67. The number of methoxy groups -OCH3 is 1. The predicted octanol–water partition coefficient (Wildman–Crippen LogP) is 3.68. The van der Waals surface area contributed by atoms with E-state index in [-0.39, 0.29) is 11.0 Å². The summed E-state index contributed by atoms with van der Waals surface area (Å²) in [6.45, 7) is 2.73. The summed E-state index contributed by atoms with van der Waals surface area (Å²) < 4.78 is 7.13. The van der Waals surface area contributed by atoms with Crippen molar-refractivity contribution in [2.75, 3.05) is 7.11 Å². The largest absolute Gasteiger partial charge is 0.497 e. The highest BCUT2D eigenvalue weighted by Crippen LogP contribution is 2.27. The normalized spacial score (nSPS) is 11.9. The van der Waals surface area contributed by atoms with Gasteiger partial charge in [0.2, 0.25) is 0 Å². The number of carbonyl (C=O) groups excluding carboxylic acids is 1. The highest BCUT2D eigenvalue weighted by Gasteiger charge is 2.22. The highest BCUT2D eigenvalue weighted by molar-refractivity contribution is 8.00. The number of Topliss-reactive ketones (excluding diaryl/α,β-unsaturated/α-hetero) is 1. The molecular formula is C20H22N4O2S. The molecule has 0 fully saturated rings. The molecule has 0 aliphatic heterocycles. The first-order chi connectivity index (χ1) is 13.2. The average Bonchev–Trinajstić information content (AvgIpc) is 3.18. The molecule has 3 rings (SSSR count). The second-order valence-electron chi connectivity index (χ2n) is 5.99. The number of ether oxygens (including phenoxy) is 1. The Bertz CT molecular complexity index is 865. The minimum Gasteiger partial charge on any atom is -0.497 e. The molecule has 0 aliphatic carbocycles. The molecule has 7 heteroatoms. The van der Waals surface area contributed by atoms with Crippen molar-refractivity contribution >= 4 is 17.5 Å². The molecular weight excluding hydrogens is 360 g/mol. The van der Waals surface area contributed by atoms with Crippen molar-refractivity contribution < 1.29 is 9.53 Å². The summed E-state index contributed by atoms with van der Waals surface area (Å²) in [6, 6.07) is 13.1. The topological polar surface area (TPSA) is 69.9 Å². The van der Waals surface area contributed by atoms with Crippen LogP contribution in [-0.4, -0.2) is 37.9 Å². The van der Waals surface area contributed by atoms with Crippen molar-refractivity contribution in [3.63, 3.8) is 0 Å². The Morgan fingerprint density at radius 3 is 2.70 bits per heavy atom. The standard InChI is InChI=1S/C20H22N4O2S/c1-3-18(19(25)15-7-9-17(26-2)10-8-15)27-20-23-22-14-24(20)13-11-16-6-4-5-12-21-16/h4-10,12,14,18H,3,11,13H2,1-2H3. The average molecular weight is 382 g/mol. The van der Waals surface area contributed by atoms with Crippen LogP contribution in [0.5, 0.6) is 5.75 Å². The molecule has 2 heterocycles. The molecule has 0 bridgehead atoms. The number of ketones is 1. The fourth-order valence-electron chi connectivity index (χ4n) is 2.66. The first kappa shape index (κ1) is 19.1. The van der Waals surface area contributed by atoms with Crippen LogP contribution >= 0.6 is 11.8 Å². The summed E-state index contributed by atoms with van der Waals surface area (Å²) in [5, 5.41) is 8.76. The van der Waals surface area contributed by atoms with Crippen LogP contribution in [0, 0.1) is 0 Å². The van der Waals surface area contributed by atoms with Gasteiger partial charge in [-0.1, -0.05) is 24.8 Å². The van der Waals surface area contributed by atoms with E-state index in [9.17, 15) is 4.79 Å². The van der Waals surface area contributed by atoms with Crippen LogP contribution in [0.2, 0.25) is 0 Å². The summed E-state index contributed by atoms with van der Waals surface area (Å²) in [5.41, 5.74) is 1.69. The van der Waals surface area contributed by atoms with Gasteiger partial charge in [0.1, 0.15) is 12.1 Å². The molecule has 1 atom stereocenters. The molecule has 1 aromatic carbocycles. The number of hydrogen-bond acceptors (Lipinski definition) is 6. The maximum Gasteiger partial charge on any atom is 0.191 e. The molecule has 0 amide bonds. The summed E-state index contributed by atoms with van der Waals surface area (Å²) in [4.78, 5) is 17.2. The minimum atomic E-state index is -0.212. The van der Waals surface area contributed by atoms with Gasteiger partial charge in [-0.05, 0) is 42.8 Å². The molecule has 140 valence electrons. The molecule has 0 aliphatic rings. The second-order valence-corrected chi connectivity index (χ2v) is 7.16. The molecule has 0 N–H and O–H groups in total. The lowest BCUT2D eigenvalue weighted by molar-refractivity contribution is 0.0988. The maximum absolute atomic E-state index is 12.9. The molecule has 6 nitrogen and oxygen atoms in total. The van der Waals surface area contributed by atoms with E-state index in [1.807, 2.05) is 29.7 Å². The van der Waals surface area contributed by atoms with Crippen LogP contribution in [0.3, 0.4) is 0 Å². The summed E-state index contributed by atoms with van der Waals surface area (Å²) >= 11 is 1.46. The van der Waals surface area contributed by atoms with Gasteiger partial charge < -0.3 is 9.30 Å². The fourth-order valence-corrected chi connectivity index (χ4v) is 3.69. The van der Waals surface area contributed by atoms with E-state index in [1.165, 1.54) is 11.8 Å². The summed E-state index contributed by atoms with van der Waals surface area (Å²) in [5.74, 6) is 0.825. The number of aromatic nitrogens is 4. The lowest BCUT2D eigenvalue weighted by Crippen LogP contribution is -2.17. The predicted molar refractivity (Wildman–Crippen MR) is 105 cm³/mol. The van der Waals surface area contributed by atoms with Gasteiger partial charge >= 0.3 is 0 Å². The molecule has 3 aromatic rings. The zero-order valence-corrected chi connectivity index (χ0v) is 16.2. The van der Waals surface area contributed by atoms with Crippen LogP contribution in [0.4, 0.5) is 0 Å². The third-order valence-corrected chi connectivity index (χ3v) is 5.56. The van der Waals surface area contributed by atoms with Gasteiger partial charge in [0.15, 0.2) is 10.9 Å². The van der Waals surface area contributed by atoms with Crippen molar-refractivity contribution in [2.45, 2.75) is 36.7 Å². The molecule has 27 heavy (non-hydrogen) atoms. The fraction of sp³-hybridized carbons (Fsp3) is 0.300. The van der Waals surface area contributed by atoms with Gasteiger partial charge in [-0.15, -0.1) is 10.2 Å². The van der Waals surface area contributed by atoms with Gasteiger partial charge in [0.05, 0.1) is 12.4 Å². The SMILES string of the molecule is CCC(Sc1nncn1CCc1ccccn1)C(=O)c1ccc(OC)cc1. The van der Waals surface area contributed by atoms with Crippen molar-refractivity contribution in [3.05, 3.63) is 66.2 Å². The number of aryl methyl sites for hydroxylation is 2. The second kappa shape index (κ2) is 9.32. The smallest absolute Gasteiger partial charge is 0.191 e. The Morgan fingerprint density at radius 2 is 2.04 bits per heavy atom. The Morgan fingerprint density at radius 1 is 1.22 bits per heavy atom. The highest BCUT2D eigenvalue weighted by atomic mass is 32.2.